The van der Waals surface area contributed by atoms with E-state index in [1.165, 1.54) is 44.2 Å². The number of rotatable bonds is 16. The van der Waals surface area contributed by atoms with Crippen molar-refractivity contribution in [2.45, 2.75) is 120 Å². The first-order chi connectivity index (χ1) is 20.6. The molecule has 0 spiro atoms. The molecule has 11 nitrogen and oxygen atoms in total. The minimum absolute atomic E-state index is 0.0259. The highest BCUT2D eigenvalue weighted by molar-refractivity contribution is 7.90. The first-order valence-electron chi connectivity index (χ1n) is 15.8. The number of nitrogens with zero attached hydrogens (tertiary/aromatic N) is 1. The van der Waals surface area contributed by atoms with Crippen molar-refractivity contribution in [1.82, 2.24) is 9.62 Å². The van der Waals surface area contributed by atoms with Crippen LogP contribution in [-0.4, -0.2) is 95.4 Å². The van der Waals surface area contributed by atoms with Gasteiger partial charge in [-0.3, -0.25) is 4.90 Å². The number of morpholine rings is 1. The summed E-state index contributed by atoms with van der Waals surface area (Å²) in [6.45, 7) is 10.9. The zero-order valence-corrected chi connectivity index (χ0v) is 26.9. The molecule has 4 rings (SSSR count). The number of aryl methyl sites for hydroxylation is 1. The summed E-state index contributed by atoms with van der Waals surface area (Å²) in [5.74, 6) is -0.847. The van der Waals surface area contributed by atoms with Crippen LogP contribution in [0.2, 0.25) is 0 Å². The van der Waals surface area contributed by atoms with Gasteiger partial charge in [-0.1, -0.05) is 69.6 Å². The van der Waals surface area contributed by atoms with Crippen molar-refractivity contribution in [3.8, 4) is 0 Å². The number of hydrogen-bond donors (Lipinski definition) is 1. The van der Waals surface area contributed by atoms with Crippen molar-refractivity contribution in [1.29, 1.82) is 0 Å². The fourth-order valence-corrected chi connectivity index (χ4v) is 6.62. The van der Waals surface area contributed by atoms with Crippen LogP contribution >= 0.6 is 0 Å². The van der Waals surface area contributed by atoms with Gasteiger partial charge in [0.25, 0.3) is 10.0 Å². The quantitative estimate of drug-likeness (QED) is 0.262. The topological polar surface area (TPSA) is 122 Å². The molecule has 0 radical (unpaired) electrons. The number of unbranched alkanes of at least 4 members (excludes halogenated alkanes) is 7. The molecule has 0 unspecified atom stereocenters. The summed E-state index contributed by atoms with van der Waals surface area (Å²) >= 11 is 0. The van der Waals surface area contributed by atoms with Crippen molar-refractivity contribution < 1.29 is 41.6 Å². The van der Waals surface area contributed by atoms with Gasteiger partial charge in [0.15, 0.2) is 12.1 Å². The van der Waals surface area contributed by atoms with E-state index in [4.69, 9.17) is 28.4 Å². The van der Waals surface area contributed by atoms with E-state index in [1.54, 1.807) is 12.1 Å². The Balaban J connectivity index is 1.43. The number of ether oxygens (including phenoxy) is 6. The average molecular weight is 627 g/mol. The molecule has 0 aromatic heterocycles. The monoisotopic (exact) mass is 626 g/mol. The molecule has 3 saturated heterocycles. The Morgan fingerprint density at radius 3 is 2.35 bits per heavy atom. The van der Waals surface area contributed by atoms with Gasteiger partial charge in [-0.05, 0) is 39.3 Å². The van der Waals surface area contributed by atoms with Crippen LogP contribution in [0.3, 0.4) is 0 Å². The molecule has 0 aliphatic carbocycles. The predicted molar refractivity (Wildman–Crippen MR) is 160 cm³/mol. The molecule has 5 atom stereocenters. The van der Waals surface area contributed by atoms with Gasteiger partial charge in [-0.25, -0.2) is 17.9 Å². The molecular weight excluding hydrogens is 576 g/mol. The van der Waals surface area contributed by atoms with Crippen LogP contribution in [0.25, 0.3) is 0 Å². The third kappa shape index (κ3) is 10.1. The second kappa shape index (κ2) is 16.0. The van der Waals surface area contributed by atoms with Gasteiger partial charge < -0.3 is 28.4 Å². The average Bonchev–Trinajstić information content (AvgIpc) is 3.44. The number of amides is 1. The Kier molecular flexibility index (Phi) is 12.7. The minimum Gasteiger partial charge on any atom is -0.441 e. The number of benzene rings is 1. The lowest BCUT2D eigenvalue weighted by molar-refractivity contribution is -0.230. The van der Waals surface area contributed by atoms with Crippen LogP contribution in [-0.2, 0) is 38.4 Å². The normalized spacial score (nSPS) is 26.2. The summed E-state index contributed by atoms with van der Waals surface area (Å²) in [5.41, 5.74) is 0.904. The zero-order chi connectivity index (χ0) is 30.9. The molecule has 0 saturated carbocycles. The van der Waals surface area contributed by atoms with Crippen LogP contribution in [0.4, 0.5) is 4.79 Å². The van der Waals surface area contributed by atoms with Gasteiger partial charge in [0.05, 0.1) is 18.1 Å². The van der Waals surface area contributed by atoms with Crippen molar-refractivity contribution in [2.75, 3.05) is 39.5 Å². The fraction of sp³-hybridized carbons (Fsp3) is 0.774. The maximum absolute atomic E-state index is 13.1. The lowest BCUT2D eigenvalue weighted by Crippen LogP contribution is -2.52. The summed E-state index contributed by atoms with van der Waals surface area (Å²) < 4.78 is 64.1. The van der Waals surface area contributed by atoms with Crippen molar-refractivity contribution in [3.05, 3.63) is 29.8 Å². The first-order valence-corrected chi connectivity index (χ1v) is 17.3. The summed E-state index contributed by atoms with van der Waals surface area (Å²) in [7, 11) is -4.13. The Morgan fingerprint density at radius 1 is 1.02 bits per heavy atom. The van der Waals surface area contributed by atoms with Crippen LogP contribution in [0, 0.1) is 6.92 Å². The Hall–Kier alpha value is -1.80. The Bertz CT molecular complexity index is 1110. The molecule has 1 aromatic rings. The third-order valence-corrected chi connectivity index (χ3v) is 9.38. The van der Waals surface area contributed by atoms with E-state index in [1.807, 2.05) is 20.8 Å². The number of sulfonamides is 1. The highest BCUT2D eigenvalue weighted by Gasteiger charge is 2.58. The summed E-state index contributed by atoms with van der Waals surface area (Å²) in [4.78, 5) is 15.2. The van der Waals surface area contributed by atoms with E-state index in [0.29, 0.717) is 39.5 Å². The van der Waals surface area contributed by atoms with E-state index in [2.05, 4.69) is 16.5 Å². The minimum atomic E-state index is -4.13. The van der Waals surface area contributed by atoms with E-state index in [0.717, 1.165) is 24.8 Å². The Morgan fingerprint density at radius 2 is 1.67 bits per heavy atom. The molecule has 43 heavy (non-hydrogen) atoms. The van der Waals surface area contributed by atoms with E-state index in [-0.39, 0.29) is 4.90 Å². The largest absolute Gasteiger partial charge is 0.441 e. The number of carbonyl (C=O) groups is 1. The lowest BCUT2D eigenvalue weighted by Gasteiger charge is -2.35. The van der Waals surface area contributed by atoms with Gasteiger partial charge in [-0.2, -0.15) is 0 Å². The maximum atomic E-state index is 13.1. The molecular formula is C31H50N2O9S. The SMILES string of the molecule is CCCCCCCCCCO[C@@H]1[C@H]2OC(C)(C)O[C@H]2O[C@@H]1[C@@H](CN1CCOCC1)OC(=O)NS(=O)(=O)c1ccc(C)cc1. The molecule has 1 N–H and O–H groups in total. The molecule has 3 aliphatic heterocycles. The summed E-state index contributed by atoms with van der Waals surface area (Å²) in [5, 5.41) is 0. The molecule has 1 aromatic carbocycles. The molecule has 244 valence electrons. The molecule has 3 aliphatic rings. The van der Waals surface area contributed by atoms with Crippen LogP contribution in [0.5, 0.6) is 0 Å². The van der Waals surface area contributed by atoms with E-state index >= 15 is 0 Å². The van der Waals surface area contributed by atoms with Crippen molar-refractivity contribution in [3.63, 3.8) is 0 Å². The van der Waals surface area contributed by atoms with Crippen LogP contribution in [0.1, 0.15) is 77.7 Å². The first kappa shape index (κ1) is 34.1. The maximum Gasteiger partial charge on any atom is 0.421 e. The molecule has 1 amide bonds. The van der Waals surface area contributed by atoms with Gasteiger partial charge in [-0.15, -0.1) is 0 Å². The highest BCUT2D eigenvalue weighted by atomic mass is 32.2. The third-order valence-electron chi connectivity index (χ3n) is 8.05. The molecule has 3 heterocycles. The number of fused-ring (bicyclic) bond motifs is 1. The van der Waals surface area contributed by atoms with Crippen molar-refractivity contribution >= 4 is 16.1 Å². The second-order valence-electron chi connectivity index (χ2n) is 12.2. The van der Waals surface area contributed by atoms with Gasteiger partial charge >= 0.3 is 6.09 Å². The lowest BCUT2D eigenvalue weighted by atomic mass is 10.0. The van der Waals surface area contributed by atoms with Crippen LogP contribution < -0.4 is 4.72 Å². The van der Waals surface area contributed by atoms with Gasteiger partial charge in [0.2, 0.25) is 0 Å². The molecule has 12 heteroatoms. The number of nitrogens with one attached hydrogen (secondary N) is 1. The molecule has 3 fully saturated rings. The zero-order valence-electron chi connectivity index (χ0n) is 26.1. The van der Waals surface area contributed by atoms with E-state index in [9.17, 15) is 13.2 Å². The summed E-state index contributed by atoms with van der Waals surface area (Å²) in [6.07, 6.45) is 4.99. The van der Waals surface area contributed by atoms with Gasteiger partial charge in [0.1, 0.15) is 24.4 Å². The Labute approximate surface area is 256 Å². The predicted octanol–water partition coefficient (Wildman–Crippen LogP) is 4.51. The fourth-order valence-electron chi connectivity index (χ4n) is 5.74. The summed E-state index contributed by atoms with van der Waals surface area (Å²) in [6, 6.07) is 6.23. The smallest absolute Gasteiger partial charge is 0.421 e. The number of carbonyl (C=O) groups excluding carboxylic acids is 1. The number of hydrogen-bond acceptors (Lipinski definition) is 10. The van der Waals surface area contributed by atoms with Crippen LogP contribution in [0.15, 0.2) is 29.2 Å². The van der Waals surface area contributed by atoms with Crippen molar-refractivity contribution in [2.24, 2.45) is 0 Å². The molecule has 0 bridgehead atoms. The standard InChI is InChI=1S/C31H50N2O9S/c1-5-6-7-8-9-10-11-12-19-38-27-26(40-29-28(27)41-31(3,4)42-29)25(22-33-17-20-37-21-18-33)39-30(34)32-43(35,36)24-15-13-23(2)14-16-24/h13-16,25-29H,5-12,17-22H2,1-4H3,(H,32,34)/t25-,26-,27+,28-,29-/m1/s1. The highest BCUT2D eigenvalue weighted by Crippen LogP contribution is 2.40. The van der Waals surface area contributed by atoms with Gasteiger partial charge in [0, 0.05) is 26.2 Å². The second-order valence-corrected chi connectivity index (χ2v) is 13.8. The van der Waals surface area contributed by atoms with E-state index < -0.39 is 52.6 Å².